The van der Waals surface area contributed by atoms with Gasteiger partial charge in [-0.05, 0) is 63.6 Å². The van der Waals surface area contributed by atoms with Gasteiger partial charge in [-0.3, -0.25) is 9.78 Å². The molecule has 0 aliphatic heterocycles. The highest BCUT2D eigenvalue weighted by atomic mass is 32.1. The van der Waals surface area contributed by atoms with Gasteiger partial charge in [-0.1, -0.05) is 6.07 Å². The molecule has 4 rings (SSSR count). The van der Waals surface area contributed by atoms with Gasteiger partial charge >= 0.3 is 0 Å². The number of hydrogen-bond acceptors (Lipinski definition) is 7. The lowest BCUT2D eigenvalue weighted by Gasteiger charge is -2.21. The molecule has 0 aromatic carbocycles. The van der Waals surface area contributed by atoms with Crippen molar-refractivity contribution in [2.75, 3.05) is 10.6 Å². The Morgan fingerprint density at radius 2 is 1.84 bits per heavy atom. The number of amides is 1. The van der Waals surface area contributed by atoms with E-state index < -0.39 is 0 Å². The van der Waals surface area contributed by atoms with Gasteiger partial charge in [0.15, 0.2) is 5.76 Å². The normalized spacial score (nSPS) is 11.9. The van der Waals surface area contributed by atoms with Gasteiger partial charge in [0.25, 0.3) is 5.91 Å². The molecule has 0 fully saturated rings. The summed E-state index contributed by atoms with van der Waals surface area (Å²) in [5.74, 6) is 0.476. The number of carbonyl (C=O) groups excluding carboxylic acids is 1. The molecule has 4 heterocycles. The Morgan fingerprint density at radius 1 is 1.06 bits per heavy atom. The van der Waals surface area contributed by atoms with Crippen molar-refractivity contribution in [2.45, 2.75) is 33.7 Å². The molecule has 2 N–H and O–H groups in total. The quantitative estimate of drug-likeness (QED) is 0.433. The summed E-state index contributed by atoms with van der Waals surface area (Å²) in [4.78, 5) is 27.5. The maximum atomic E-state index is 12.7. The predicted octanol–water partition coefficient (Wildman–Crippen LogP) is 5.21. The number of rotatable bonds is 6. The Morgan fingerprint density at radius 3 is 2.48 bits per heavy atom. The van der Waals surface area contributed by atoms with Crippen molar-refractivity contribution < 1.29 is 9.21 Å². The number of aromatic nitrogens is 3. The van der Waals surface area contributed by atoms with Crippen LogP contribution in [0.25, 0.3) is 0 Å². The lowest BCUT2D eigenvalue weighted by molar-refractivity contribution is 0.0997. The third kappa shape index (κ3) is 4.49. The molecule has 4 aromatic heterocycles. The van der Waals surface area contributed by atoms with Crippen LogP contribution in [0.1, 0.15) is 49.7 Å². The van der Waals surface area contributed by atoms with E-state index in [0.717, 1.165) is 38.1 Å². The van der Waals surface area contributed by atoms with Crippen LogP contribution in [0.3, 0.4) is 0 Å². The zero-order chi connectivity index (χ0) is 22.0. The van der Waals surface area contributed by atoms with Crippen LogP contribution >= 0.6 is 11.3 Å². The summed E-state index contributed by atoms with van der Waals surface area (Å²) in [5.41, 5.74) is 4.56. The number of nitrogens with one attached hydrogen (secondary N) is 2. The molecule has 0 aliphatic rings. The van der Waals surface area contributed by atoms with E-state index >= 15 is 0 Å². The number of hydrogen-bond donors (Lipinski definition) is 2. The van der Waals surface area contributed by atoms with Crippen LogP contribution in [0.15, 0.2) is 53.3 Å². The van der Waals surface area contributed by atoms with E-state index in [-0.39, 0.29) is 17.7 Å². The molecule has 0 radical (unpaired) electrons. The van der Waals surface area contributed by atoms with E-state index in [0.29, 0.717) is 5.95 Å². The molecule has 31 heavy (non-hydrogen) atoms. The first-order chi connectivity index (χ1) is 14.9. The largest absolute Gasteiger partial charge is 0.459 e. The van der Waals surface area contributed by atoms with Gasteiger partial charge in [0.1, 0.15) is 5.00 Å². The maximum Gasteiger partial charge on any atom is 0.291 e. The first kappa shape index (κ1) is 20.7. The third-order valence-corrected chi connectivity index (χ3v) is 6.07. The smallest absolute Gasteiger partial charge is 0.291 e. The molecule has 0 aliphatic carbocycles. The summed E-state index contributed by atoms with van der Waals surface area (Å²) in [6.07, 6.45) is 3.23. The highest BCUT2D eigenvalue weighted by Gasteiger charge is 2.26. The summed E-state index contributed by atoms with van der Waals surface area (Å²) < 4.78 is 5.26. The predicted molar refractivity (Wildman–Crippen MR) is 122 cm³/mol. The fourth-order valence-electron chi connectivity index (χ4n) is 3.42. The van der Waals surface area contributed by atoms with Crippen LogP contribution in [0.4, 0.5) is 10.9 Å². The Labute approximate surface area is 184 Å². The minimum Gasteiger partial charge on any atom is -0.459 e. The van der Waals surface area contributed by atoms with Crippen molar-refractivity contribution in [3.05, 3.63) is 87.7 Å². The van der Waals surface area contributed by atoms with Crippen LogP contribution in [0, 0.1) is 27.7 Å². The molecule has 0 unspecified atom stereocenters. The lowest BCUT2D eigenvalue weighted by atomic mass is 10.00. The van der Waals surface area contributed by atoms with E-state index in [2.05, 4.69) is 25.6 Å². The van der Waals surface area contributed by atoms with Gasteiger partial charge in [0.05, 0.1) is 18.0 Å². The number of carbonyl (C=O) groups is 1. The van der Waals surface area contributed by atoms with Gasteiger partial charge in [0.2, 0.25) is 5.95 Å². The molecule has 0 spiro atoms. The monoisotopic (exact) mass is 433 g/mol. The zero-order valence-corrected chi connectivity index (χ0v) is 18.6. The molecule has 1 atom stereocenters. The highest BCUT2D eigenvalue weighted by molar-refractivity contribution is 7.16. The maximum absolute atomic E-state index is 12.7. The molecule has 7 nitrogen and oxygen atoms in total. The molecular weight excluding hydrogens is 410 g/mol. The molecule has 0 saturated carbocycles. The first-order valence-electron chi connectivity index (χ1n) is 9.87. The molecule has 8 heteroatoms. The zero-order valence-electron chi connectivity index (χ0n) is 17.8. The second-order valence-corrected chi connectivity index (χ2v) is 8.49. The number of thiophene rings is 1. The fourth-order valence-corrected chi connectivity index (χ4v) is 4.51. The van der Waals surface area contributed by atoms with Crippen molar-refractivity contribution in [2.24, 2.45) is 0 Å². The SMILES string of the molecule is Cc1cc(C)nc(N[C@@H](c2ccccn2)c2c(NC(=O)c3ccco3)sc(C)c2C)n1. The van der Waals surface area contributed by atoms with Gasteiger partial charge in [-0.2, -0.15) is 0 Å². The third-order valence-electron chi connectivity index (χ3n) is 4.93. The second-order valence-electron chi connectivity index (χ2n) is 7.26. The Balaban J connectivity index is 1.78. The van der Waals surface area contributed by atoms with E-state index in [1.54, 1.807) is 18.3 Å². The van der Waals surface area contributed by atoms with Crippen molar-refractivity contribution in [3.63, 3.8) is 0 Å². The van der Waals surface area contributed by atoms with Crippen LogP contribution < -0.4 is 10.6 Å². The van der Waals surface area contributed by atoms with Gasteiger partial charge in [0, 0.05) is 28.0 Å². The van der Waals surface area contributed by atoms with Crippen LogP contribution in [0.2, 0.25) is 0 Å². The molecule has 158 valence electrons. The lowest BCUT2D eigenvalue weighted by Crippen LogP contribution is -2.19. The summed E-state index contributed by atoms with van der Waals surface area (Å²) in [6, 6.07) is 10.7. The van der Waals surface area contributed by atoms with E-state index in [4.69, 9.17) is 4.42 Å². The van der Waals surface area contributed by atoms with E-state index in [9.17, 15) is 4.79 Å². The number of furan rings is 1. The average molecular weight is 434 g/mol. The molecular formula is C23H23N5O2S. The van der Waals surface area contributed by atoms with Crippen LogP contribution in [0.5, 0.6) is 0 Å². The Hall–Kier alpha value is -3.52. The Bertz CT molecular complexity index is 1180. The fraction of sp³-hybridized carbons (Fsp3) is 0.217. The van der Waals surface area contributed by atoms with Crippen molar-refractivity contribution in [3.8, 4) is 0 Å². The first-order valence-corrected chi connectivity index (χ1v) is 10.7. The summed E-state index contributed by atoms with van der Waals surface area (Å²) in [6.45, 7) is 7.95. The average Bonchev–Trinajstić information content (AvgIpc) is 3.36. The van der Waals surface area contributed by atoms with Crippen molar-refractivity contribution in [1.29, 1.82) is 0 Å². The summed E-state index contributed by atoms with van der Waals surface area (Å²) in [7, 11) is 0. The number of nitrogens with zero attached hydrogens (tertiary/aromatic N) is 3. The van der Waals surface area contributed by atoms with Crippen molar-refractivity contribution >= 4 is 28.2 Å². The van der Waals surface area contributed by atoms with Gasteiger partial charge < -0.3 is 15.1 Å². The molecule has 0 saturated heterocycles. The van der Waals surface area contributed by atoms with Crippen LogP contribution in [-0.2, 0) is 0 Å². The summed E-state index contributed by atoms with van der Waals surface area (Å²) in [5, 5.41) is 7.19. The second kappa shape index (κ2) is 8.69. The number of anilines is 2. The minimum absolute atomic E-state index is 0.259. The standard InChI is InChI=1S/C23H23N5O2S/c1-13-12-14(2)26-23(25-13)27-20(17-8-5-6-10-24-17)19-15(3)16(4)31-22(19)28-21(29)18-9-7-11-30-18/h5-12,20H,1-4H3,(H,28,29)(H,25,26,27)/t20-/m0/s1. The van der Waals surface area contributed by atoms with Gasteiger partial charge in [-0.25, -0.2) is 9.97 Å². The van der Waals surface area contributed by atoms with E-state index in [1.807, 2.05) is 52.0 Å². The minimum atomic E-state index is -0.348. The Kier molecular flexibility index (Phi) is 5.81. The highest BCUT2D eigenvalue weighted by Crippen LogP contribution is 2.40. The number of aryl methyl sites for hydroxylation is 3. The number of pyridine rings is 1. The molecule has 0 bridgehead atoms. The van der Waals surface area contributed by atoms with Crippen LogP contribution in [-0.4, -0.2) is 20.9 Å². The summed E-state index contributed by atoms with van der Waals surface area (Å²) >= 11 is 1.52. The van der Waals surface area contributed by atoms with Gasteiger partial charge in [-0.15, -0.1) is 11.3 Å². The molecule has 4 aromatic rings. The molecule has 1 amide bonds. The van der Waals surface area contributed by atoms with Crippen molar-refractivity contribution in [1.82, 2.24) is 15.0 Å². The van der Waals surface area contributed by atoms with E-state index in [1.165, 1.54) is 17.6 Å². The topological polar surface area (TPSA) is 92.9 Å².